The molecule has 0 radical (unpaired) electrons. The van der Waals surface area contributed by atoms with Crippen molar-refractivity contribution in [2.75, 3.05) is 19.0 Å². The maximum Gasteiger partial charge on any atom is 0.294 e. The van der Waals surface area contributed by atoms with E-state index in [9.17, 15) is 14.4 Å². The lowest BCUT2D eigenvalue weighted by Crippen LogP contribution is -2.36. The summed E-state index contributed by atoms with van der Waals surface area (Å²) < 4.78 is 12.2. The maximum absolute atomic E-state index is 12.8. The van der Waals surface area contributed by atoms with Crippen molar-refractivity contribution >= 4 is 56.5 Å². The lowest BCUT2D eigenvalue weighted by molar-refractivity contribution is -0.127. The average molecular weight is 553 g/mol. The van der Waals surface area contributed by atoms with Gasteiger partial charge in [0.25, 0.3) is 11.1 Å². The molecule has 9 heteroatoms. The molecule has 0 aromatic heterocycles. The average Bonchev–Trinajstić information content (AvgIpc) is 3.12. The van der Waals surface area contributed by atoms with Crippen molar-refractivity contribution < 1.29 is 23.9 Å². The Morgan fingerprint density at radius 2 is 1.77 bits per heavy atom. The topological polar surface area (TPSA) is 84.9 Å². The highest BCUT2D eigenvalue weighted by Gasteiger charge is 2.36. The van der Waals surface area contributed by atoms with E-state index in [1.54, 1.807) is 48.5 Å². The molecule has 178 valence electrons. The van der Waals surface area contributed by atoms with E-state index in [1.807, 2.05) is 30.3 Å². The van der Waals surface area contributed by atoms with Gasteiger partial charge in [0.1, 0.15) is 13.2 Å². The van der Waals surface area contributed by atoms with Crippen LogP contribution in [0.25, 0.3) is 6.08 Å². The zero-order valence-electron chi connectivity index (χ0n) is 18.7. The van der Waals surface area contributed by atoms with Crippen LogP contribution in [0.3, 0.4) is 0 Å². The van der Waals surface area contributed by atoms with Gasteiger partial charge in [-0.15, -0.1) is 0 Å². The number of ether oxygens (including phenoxy) is 2. The minimum absolute atomic E-state index is 0.228. The van der Waals surface area contributed by atoms with Gasteiger partial charge < -0.3 is 14.8 Å². The number of halogens is 1. The molecule has 3 amide bonds. The van der Waals surface area contributed by atoms with Gasteiger partial charge in [-0.05, 0) is 65.4 Å². The number of imide groups is 1. The third kappa shape index (κ3) is 6.32. The molecule has 0 spiro atoms. The number of carbonyl (C=O) groups excluding carboxylic acids is 3. The molecule has 0 saturated carbocycles. The van der Waals surface area contributed by atoms with Gasteiger partial charge in [-0.25, -0.2) is 0 Å². The molecule has 35 heavy (non-hydrogen) atoms. The first-order valence-electron chi connectivity index (χ1n) is 10.6. The molecule has 1 aliphatic heterocycles. The quantitative estimate of drug-likeness (QED) is 0.360. The van der Waals surface area contributed by atoms with Crippen LogP contribution in [0.5, 0.6) is 11.5 Å². The van der Waals surface area contributed by atoms with Gasteiger partial charge in [0.2, 0.25) is 5.91 Å². The van der Waals surface area contributed by atoms with E-state index in [4.69, 9.17) is 9.47 Å². The van der Waals surface area contributed by atoms with E-state index in [-0.39, 0.29) is 11.4 Å². The predicted molar refractivity (Wildman–Crippen MR) is 139 cm³/mol. The predicted octanol–water partition coefficient (Wildman–Crippen LogP) is 5.71. The Labute approximate surface area is 215 Å². The number of carbonyl (C=O) groups is 3. The van der Waals surface area contributed by atoms with Gasteiger partial charge >= 0.3 is 0 Å². The van der Waals surface area contributed by atoms with E-state index < -0.39 is 17.1 Å². The molecular weight excluding hydrogens is 532 g/mol. The largest absolute Gasteiger partial charge is 0.493 e. The molecule has 4 rings (SSSR count). The molecular formula is C26H21BrN2O5S. The standard InChI is InChI=1S/C26H21BrN2O5S/c1-33-22-13-18(7-12-21(22)34-16-17-5-3-2-4-6-17)14-23-25(31)29(26(32)35-23)15-24(30)28-20-10-8-19(27)9-11-20/h2-14H,15-16H2,1H3,(H,28,30)/b23-14+. The van der Waals surface area contributed by atoms with Gasteiger partial charge in [-0.2, -0.15) is 0 Å². The summed E-state index contributed by atoms with van der Waals surface area (Å²) in [6.45, 7) is 0.0193. The Balaban J connectivity index is 1.42. The van der Waals surface area contributed by atoms with Gasteiger partial charge in [-0.3, -0.25) is 19.3 Å². The van der Waals surface area contributed by atoms with Crippen molar-refractivity contribution in [3.8, 4) is 11.5 Å². The van der Waals surface area contributed by atoms with Crippen LogP contribution in [0.2, 0.25) is 0 Å². The van der Waals surface area contributed by atoms with Crippen molar-refractivity contribution in [3.05, 3.63) is 93.3 Å². The number of nitrogens with one attached hydrogen (secondary N) is 1. The summed E-state index contributed by atoms with van der Waals surface area (Å²) >= 11 is 4.12. The second-order valence-electron chi connectivity index (χ2n) is 7.51. The highest BCUT2D eigenvalue weighted by Crippen LogP contribution is 2.34. The van der Waals surface area contributed by atoms with Gasteiger partial charge in [0.15, 0.2) is 11.5 Å². The van der Waals surface area contributed by atoms with Gasteiger partial charge in [0.05, 0.1) is 12.0 Å². The summed E-state index contributed by atoms with van der Waals surface area (Å²) in [7, 11) is 1.53. The number of benzene rings is 3. The van der Waals surface area contributed by atoms with Crippen molar-refractivity contribution in [1.29, 1.82) is 0 Å². The number of amides is 3. The second-order valence-corrected chi connectivity index (χ2v) is 9.42. The second kappa shape index (κ2) is 11.2. The molecule has 1 heterocycles. The SMILES string of the molecule is COc1cc(/C=C2/SC(=O)N(CC(=O)Nc3ccc(Br)cc3)C2=O)ccc1OCc1ccccc1. The number of anilines is 1. The van der Waals surface area contributed by atoms with Crippen LogP contribution in [0.1, 0.15) is 11.1 Å². The number of hydrogen-bond acceptors (Lipinski definition) is 6. The molecule has 3 aromatic rings. The molecule has 1 aliphatic rings. The van der Waals surface area contributed by atoms with Crippen LogP contribution in [0.15, 0.2) is 82.2 Å². The molecule has 0 unspecified atom stereocenters. The number of methoxy groups -OCH3 is 1. The fraction of sp³-hybridized carbons (Fsp3) is 0.115. The van der Waals surface area contributed by atoms with Crippen LogP contribution in [-0.2, 0) is 16.2 Å². The summed E-state index contributed by atoms with van der Waals surface area (Å²) in [6.07, 6.45) is 1.60. The van der Waals surface area contributed by atoms with Gasteiger partial charge in [-0.1, -0.05) is 52.3 Å². The first kappa shape index (κ1) is 24.6. The first-order valence-corrected chi connectivity index (χ1v) is 12.2. The highest BCUT2D eigenvalue weighted by atomic mass is 79.9. The smallest absolute Gasteiger partial charge is 0.294 e. The molecule has 1 fully saturated rings. The Bertz CT molecular complexity index is 1280. The van der Waals surface area contributed by atoms with Crippen molar-refractivity contribution in [3.63, 3.8) is 0 Å². The third-order valence-electron chi connectivity index (χ3n) is 5.03. The fourth-order valence-corrected chi connectivity index (χ4v) is 4.40. The van der Waals surface area contributed by atoms with E-state index in [2.05, 4.69) is 21.2 Å². The van der Waals surface area contributed by atoms with Gasteiger partial charge in [0, 0.05) is 10.2 Å². The summed E-state index contributed by atoms with van der Waals surface area (Å²) in [5, 5.41) is 2.18. The summed E-state index contributed by atoms with van der Waals surface area (Å²) in [6, 6.07) is 22.0. The zero-order chi connectivity index (χ0) is 24.8. The Morgan fingerprint density at radius 1 is 1.03 bits per heavy atom. The third-order valence-corrected chi connectivity index (χ3v) is 6.46. The first-order chi connectivity index (χ1) is 16.9. The number of rotatable bonds is 8. The summed E-state index contributed by atoms with van der Waals surface area (Å²) in [4.78, 5) is 38.7. The monoisotopic (exact) mass is 552 g/mol. The molecule has 1 saturated heterocycles. The Hall–Kier alpha value is -3.56. The van der Waals surface area contributed by atoms with E-state index >= 15 is 0 Å². The molecule has 7 nitrogen and oxygen atoms in total. The summed E-state index contributed by atoms with van der Waals surface area (Å²) in [5.41, 5.74) is 2.26. The fourth-order valence-electron chi connectivity index (χ4n) is 3.29. The lowest BCUT2D eigenvalue weighted by Gasteiger charge is -2.12. The van der Waals surface area contributed by atoms with Crippen LogP contribution in [0.4, 0.5) is 10.5 Å². The van der Waals surface area contributed by atoms with E-state index in [0.29, 0.717) is 29.4 Å². The normalized spacial score (nSPS) is 14.3. The summed E-state index contributed by atoms with van der Waals surface area (Å²) in [5.74, 6) is 0.0841. The van der Waals surface area contributed by atoms with Crippen LogP contribution >= 0.6 is 27.7 Å². The molecule has 3 aromatic carbocycles. The molecule has 1 N–H and O–H groups in total. The van der Waals surface area contributed by atoms with Crippen LogP contribution in [-0.4, -0.2) is 35.6 Å². The van der Waals surface area contributed by atoms with Crippen LogP contribution < -0.4 is 14.8 Å². The maximum atomic E-state index is 12.8. The number of nitrogens with zero attached hydrogens (tertiary/aromatic N) is 1. The van der Waals surface area contributed by atoms with Crippen molar-refractivity contribution in [2.45, 2.75) is 6.61 Å². The van der Waals surface area contributed by atoms with Crippen molar-refractivity contribution in [2.24, 2.45) is 0 Å². The molecule has 0 aliphatic carbocycles. The molecule has 0 atom stereocenters. The Kier molecular flexibility index (Phi) is 7.89. The highest BCUT2D eigenvalue weighted by molar-refractivity contribution is 9.10. The zero-order valence-corrected chi connectivity index (χ0v) is 21.1. The van der Waals surface area contributed by atoms with Crippen molar-refractivity contribution in [1.82, 2.24) is 4.90 Å². The number of hydrogen-bond donors (Lipinski definition) is 1. The van der Waals surface area contributed by atoms with E-state index in [1.165, 1.54) is 7.11 Å². The van der Waals surface area contributed by atoms with E-state index in [0.717, 1.165) is 26.7 Å². The minimum atomic E-state index is -0.519. The minimum Gasteiger partial charge on any atom is -0.493 e. The molecule has 0 bridgehead atoms. The van der Waals surface area contributed by atoms with Crippen LogP contribution in [0, 0.1) is 0 Å². The lowest BCUT2D eigenvalue weighted by atomic mass is 10.1. The Morgan fingerprint density at radius 3 is 2.49 bits per heavy atom. The number of thioether (sulfide) groups is 1.